The zero-order valence-corrected chi connectivity index (χ0v) is 28.8. The Balaban J connectivity index is 1.47. The molecule has 2 aliphatic heterocycles. The third kappa shape index (κ3) is 10.2. The summed E-state index contributed by atoms with van der Waals surface area (Å²) in [4.78, 5) is 62.1. The molecule has 0 N–H and O–H groups in total. The Morgan fingerprint density at radius 1 is 1.07 bits per heavy atom. The molecule has 0 bridgehead atoms. The molecule has 0 unspecified atom stereocenters. The van der Waals surface area contributed by atoms with Gasteiger partial charge in [-0.1, -0.05) is 32.4 Å². The van der Waals surface area contributed by atoms with Crippen molar-refractivity contribution in [2.75, 3.05) is 45.5 Å². The molecule has 0 radical (unpaired) electrons. The molecule has 0 amide bonds. The fourth-order valence-corrected chi connectivity index (χ4v) is 6.98. The quantitative estimate of drug-likeness (QED) is 0.0919. The number of esters is 2. The highest BCUT2D eigenvalue weighted by Crippen LogP contribution is 2.59. The number of rotatable bonds is 18. The minimum absolute atomic E-state index is 0.0264. The molecule has 12 heteroatoms. The average Bonchev–Trinajstić information content (AvgIpc) is 3.87. The molecule has 1 saturated carbocycles. The minimum atomic E-state index is -0.792. The summed E-state index contributed by atoms with van der Waals surface area (Å²) in [5.74, 6) is -2.87. The molecule has 3 aliphatic rings. The van der Waals surface area contributed by atoms with Crippen molar-refractivity contribution in [1.82, 2.24) is 0 Å². The van der Waals surface area contributed by atoms with Gasteiger partial charge in [-0.05, 0) is 40.0 Å². The van der Waals surface area contributed by atoms with Gasteiger partial charge in [0, 0.05) is 24.7 Å². The van der Waals surface area contributed by atoms with E-state index in [2.05, 4.69) is 26.8 Å². The number of methoxy groups -OCH3 is 2. The molecule has 1 spiro atoms. The summed E-state index contributed by atoms with van der Waals surface area (Å²) >= 11 is 1.14. The van der Waals surface area contributed by atoms with Gasteiger partial charge in [0.05, 0.1) is 37.4 Å². The average molecular weight is 655 g/mol. The van der Waals surface area contributed by atoms with Crippen molar-refractivity contribution >= 4 is 41.1 Å². The van der Waals surface area contributed by atoms with Gasteiger partial charge in [0.25, 0.3) is 0 Å². The first-order valence-corrected chi connectivity index (χ1v) is 16.7. The van der Waals surface area contributed by atoms with Crippen molar-refractivity contribution in [3.63, 3.8) is 0 Å². The summed E-state index contributed by atoms with van der Waals surface area (Å²) in [7, 11) is 2.82. The number of ketones is 3. The van der Waals surface area contributed by atoms with E-state index in [0.717, 1.165) is 18.2 Å². The summed E-state index contributed by atoms with van der Waals surface area (Å²) in [6.45, 7) is 11.6. The second-order valence-corrected chi connectivity index (χ2v) is 14.8. The molecule has 0 aromatic heterocycles. The number of epoxide rings is 2. The number of carbonyl (C=O) groups is 5. The number of hydrogen-bond acceptors (Lipinski definition) is 12. The van der Waals surface area contributed by atoms with Gasteiger partial charge in [-0.25, -0.2) is 0 Å². The Bertz CT molecular complexity index is 1130. The van der Waals surface area contributed by atoms with Crippen molar-refractivity contribution in [3.05, 3.63) is 11.6 Å². The summed E-state index contributed by atoms with van der Waals surface area (Å²) in [6, 6.07) is 0. The van der Waals surface area contributed by atoms with Gasteiger partial charge in [0.1, 0.15) is 43.0 Å². The lowest BCUT2D eigenvalue weighted by molar-refractivity contribution is -0.172. The van der Waals surface area contributed by atoms with Crippen LogP contribution in [0.5, 0.6) is 0 Å². The highest BCUT2D eigenvalue weighted by molar-refractivity contribution is 7.99. The lowest BCUT2D eigenvalue weighted by Gasteiger charge is -2.42. The zero-order chi connectivity index (χ0) is 33.6. The van der Waals surface area contributed by atoms with E-state index < -0.39 is 47.5 Å². The van der Waals surface area contributed by atoms with Crippen LogP contribution in [0.1, 0.15) is 73.6 Å². The Hall–Kier alpha value is -2.12. The predicted molar refractivity (Wildman–Crippen MR) is 167 cm³/mol. The Morgan fingerprint density at radius 3 is 2.33 bits per heavy atom. The SMILES string of the molecule is COC(=O)[C@H](CSCC(=O)CC(=O)O[C@@H]1CC[C@]2(CO2)[C@@H]([C@]2(C)O[C@@H]2CC=C(C)C)[C@@H]1OC)CC(=O)COCC(=O)C(C)(C)C. The van der Waals surface area contributed by atoms with Gasteiger partial charge in [-0.3, -0.25) is 24.0 Å². The van der Waals surface area contributed by atoms with E-state index in [1.54, 1.807) is 27.9 Å². The predicted octanol–water partition coefficient (Wildman–Crippen LogP) is 3.68. The normalized spacial score (nSPS) is 29.4. The van der Waals surface area contributed by atoms with Gasteiger partial charge in [-0.15, -0.1) is 0 Å². The second-order valence-electron chi connectivity index (χ2n) is 13.8. The Labute approximate surface area is 270 Å². The largest absolute Gasteiger partial charge is 0.469 e. The Morgan fingerprint density at radius 2 is 1.76 bits per heavy atom. The van der Waals surface area contributed by atoms with E-state index in [-0.39, 0.29) is 66.1 Å². The molecule has 0 aromatic rings. The first-order valence-electron chi connectivity index (χ1n) is 15.5. The monoisotopic (exact) mass is 654 g/mol. The van der Waals surface area contributed by atoms with E-state index in [0.29, 0.717) is 19.4 Å². The first kappa shape index (κ1) is 37.3. The van der Waals surface area contributed by atoms with Crippen LogP contribution < -0.4 is 0 Å². The van der Waals surface area contributed by atoms with Crippen LogP contribution in [0.3, 0.4) is 0 Å². The van der Waals surface area contributed by atoms with Crippen LogP contribution in [-0.2, 0) is 52.4 Å². The van der Waals surface area contributed by atoms with Crippen LogP contribution in [0, 0.1) is 17.3 Å². The van der Waals surface area contributed by atoms with Gasteiger partial charge in [-0.2, -0.15) is 11.8 Å². The summed E-state index contributed by atoms with van der Waals surface area (Å²) in [5.41, 5.74) is -0.173. The molecular formula is C33H50O11S. The van der Waals surface area contributed by atoms with E-state index in [9.17, 15) is 24.0 Å². The Kier molecular flexibility index (Phi) is 13.0. The smallest absolute Gasteiger partial charge is 0.313 e. The van der Waals surface area contributed by atoms with Crippen molar-refractivity contribution in [2.24, 2.45) is 17.3 Å². The van der Waals surface area contributed by atoms with Gasteiger partial charge >= 0.3 is 11.9 Å². The third-order valence-corrected chi connectivity index (χ3v) is 9.95. The molecule has 3 fully saturated rings. The number of thioether (sulfide) groups is 1. The van der Waals surface area contributed by atoms with E-state index in [1.807, 2.05) is 0 Å². The van der Waals surface area contributed by atoms with Crippen molar-refractivity contribution in [2.45, 2.75) is 103 Å². The maximum absolute atomic E-state index is 12.8. The van der Waals surface area contributed by atoms with Gasteiger partial charge < -0.3 is 28.4 Å². The fourth-order valence-electron chi connectivity index (χ4n) is 5.99. The van der Waals surface area contributed by atoms with Crippen molar-refractivity contribution in [1.29, 1.82) is 0 Å². The zero-order valence-electron chi connectivity index (χ0n) is 27.9. The molecule has 254 valence electrons. The third-order valence-electron chi connectivity index (χ3n) is 8.78. The summed E-state index contributed by atoms with van der Waals surface area (Å²) in [6.07, 6.45) is 2.69. The maximum atomic E-state index is 12.8. The molecule has 7 atom stereocenters. The highest BCUT2D eigenvalue weighted by Gasteiger charge is 2.72. The van der Waals surface area contributed by atoms with Crippen LogP contribution in [0.15, 0.2) is 11.6 Å². The van der Waals surface area contributed by atoms with E-state index in [4.69, 9.17) is 28.4 Å². The van der Waals surface area contributed by atoms with Gasteiger partial charge in [0.2, 0.25) is 0 Å². The molecule has 11 nitrogen and oxygen atoms in total. The molecule has 0 aromatic carbocycles. The van der Waals surface area contributed by atoms with E-state index in [1.165, 1.54) is 12.7 Å². The second kappa shape index (κ2) is 15.6. The molecule has 45 heavy (non-hydrogen) atoms. The number of hydrogen-bond donors (Lipinski definition) is 0. The highest BCUT2D eigenvalue weighted by atomic mass is 32.2. The standard InChI is InChI=1S/C33H50O11S/c1-20(2)9-10-26-32(6,44-26)29-28(39-7)24(11-12-33(29)19-42-33)43-27(37)14-23(35)18-45-17-21(30(38)40-8)13-22(34)15-41-16-25(36)31(3,4)5/h9,21,24,26,28-29H,10-19H2,1-8H3/t21-,24+,26+,28+,29+,32+,33-/m0/s1. The molecular weight excluding hydrogens is 604 g/mol. The lowest BCUT2D eigenvalue weighted by Crippen LogP contribution is -2.55. The fraction of sp³-hybridized carbons (Fsp3) is 0.788. The van der Waals surface area contributed by atoms with Crippen LogP contribution in [-0.4, -0.2) is 104 Å². The molecule has 1 aliphatic carbocycles. The van der Waals surface area contributed by atoms with Crippen LogP contribution in [0.4, 0.5) is 0 Å². The number of ether oxygens (including phenoxy) is 6. The maximum Gasteiger partial charge on any atom is 0.313 e. The lowest BCUT2D eigenvalue weighted by atomic mass is 9.68. The van der Waals surface area contributed by atoms with Crippen LogP contribution in [0.25, 0.3) is 0 Å². The summed E-state index contributed by atoms with van der Waals surface area (Å²) in [5, 5.41) is 0. The van der Waals surface area contributed by atoms with Crippen LogP contribution in [0.2, 0.25) is 0 Å². The van der Waals surface area contributed by atoms with Crippen LogP contribution >= 0.6 is 11.8 Å². The molecule has 2 saturated heterocycles. The topological polar surface area (TPSA) is 147 Å². The number of allylic oxidation sites excluding steroid dienone is 1. The number of carbonyl (C=O) groups excluding carboxylic acids is 5. The van der Waals surface area contributed by atoms with Gasteiger partial charge in [0.15, 0.2) is 17.3 Å². The molecule has 3 rings (SSSR count). The number of Topliss-reactive ketones (excluding diaryl/α,β-unsaturated/α-hetero) is 3. The van der Waals surface area contributed by atoms with Crippen molar-refractivity contribution in [3.8, 4) is 0 Å². The first-order chi connectivity index (χ1) is 21.1. The summed E-state index contributed by atoms with van der Waals surface area (Å²) < 4.78 is 33.9. The van der Waals surface area contributed by atoms with Crippen molar-refractivity contribution < 1.29 is 52.4 Å². The molecule has 2 heterocycles. The van der Waals surface area contributed by atoms with E-state index >= 15 is 0 Å². The minimum Gasteiger partial charge on any atom is -0.469 e.